The summed E-state index contributed by atoms with van der Waals surface area (Å²) in [5.74, 6) is 0. The van der Waals surface area contributed by atoms with E-state index in [1.54, 1.807) is 0 Å². The summed E-state index contributed by atoms with van der Waals surface area (Å²) in [6.45, 7) is 0. The van der Waals surface area contributed by atoms with Crippen LogP contribution in [0.1, 0.15) is 0 Å². The van der Waals surface area contributed by atoms with E-state index in [0.29, 0.717) is 0 Å². The van der Waals surface area contributed by atoms with E-state index in [0.717, 1.165) is 0 Å². The van der Waals surface area contributed by atoms with Crippen molar-refractivity contribution in [2.45, 2.75) is 0 Å². The molecular weight excluding hydrogens is 351 g/mol. The summed E-state index contributed by atoms with van der Waals surface area (Å²) in [6.07, 6.45) is 0. The van der Waals surface area contributed by atoms with Crippen LogP contribution in [0.3, 0.4) is 0 Å². The molecule has 0 aliphatic heterocycles. The summed E-state index contributed by atoms with van der Waals surface area (Å²) >= 11 is 0. The summed E-state index contributed by atoms with van der Waals surface area (Å²) in [5.41, 5.74) is 0. The maximum atomic E-state index is 0. The van der Waals surface area contributed by atoms with E-state index in [1.165, 1.54) is 0 Å². The van der Waals surface area contributed by atoms with E-state index < -0.39 is 0 Å². The third kappa shape index (κ3) is 9.01. The molecule has 0 unspecified atom stereocenters. The van der Waals surface area contributed by atoms with Crippen LogP contribution in [0, 0.1) is 83.5 Å². The average molecular weight is 351 g/mol. The molecule has 0 saturated carbocycles. The van der Waals surface area contributed by atoms with Crippen LogP contribution in [0.5, 0.6) is 0 Å². The molecule has 4 heavy (non-hydrogen) atoms. The SMILES string of the molecule is [Ce+3].[Ce+3].[Cl-].[Cl-]. The van der Waals surface area contributed by atoms with E-state index in [4.69, 9.17) is 0 Å². The largest absolute Gasteiger partial charge is 3.00 e. The summed E-state index contributed by atoms with van der Waals surface area (Å²) < 4.78 is 0. The molecule has 0 aromatic heterocycles. The maximum absolute atomic E-state index is 0. The van der Waals surface area contributed by atoms with Gasteiger partial charge in [-0.3, -0.25) is 0 Å². The Balaban J connectivity index is 0. The van der Waals surface area contributed by atoms with Gasteiger partial charge in [-0.1, -0.05) is 0 Å². The quantitative estimate of drug-likeness (QED) is 0.408. The zero-order valence-electron chi connectivity index (χ0n) is 1.76. The Morgan fingerprint density at radius 2 is 0.500 bits per heavy atom. The maximum Gasteiger partial charge on any atom is 3.00 e. The van der Waals surface area contributed by atoms with Crippen molar-refractivity contribution in [3.63, 3.8) is 0 Å². The van der Waals surface area contributed by atoms with Crippen LogP contribution in [0.2, 0.25) is 0 Å². The van der Waals surface area contributed by atoms with Gasteiger partial charge in [0.1, 0.15) is 0 Å². The fourth-order valence-corrected chi connectivity index (χ4v) is 0. The minimum atomic E-state index is 0. The Labute approximate surface area is 105 Å². The van der Waals surface area contributed by atoms with Crippen LogP contribution in [0.4, 0.5) is 0 Å². The van der Waals surface area contributed by atoms with Crippen molar-refractivity contribution in [1.82, 2.24) is 0 Å². The van der Waals surface area contributed by atoms with Gasteiger partial charge in [0.05, 0.1) is 0 Å². The Morgan fingerprint density at radius 1 is 0.500 bits per heavy atom. The Kier molecular flexibility index (Phi) is 107. The van der Waals surface area contributed by atoms with Crippen molar-refractivity contribution in [3.8, 4) is 0 Å². The molecule has 0 aromatic rings. The first-order valence-electron chi connectivity index (χ1n) is 0. The second-order valence-electron chi connectivity index (χ2n) is 0. The molecule has 2 radical (unpaired) electrons. The van der Waals surface area contributed by atoms with E-state index >= 15 is 0 Å². The predicted molar refractivity (Wildman–Crippen MR) is 0 cm³/mol. The molecule has 0 N–H and O–H groups in total. The van der Waals surface area contributed by atoms with Crippen molar-refractivity contribution >= 4 is 0 Å². The zero-order valence-corrected chi connectivity index (χ0v) is 9.55. The van der Waals surface area contributed by atoms with Gasteiger partial charge in [-0.25, -0.2) is 0 Å². The van der Waals surface area contributed by atoms with E-state index in [-0.39, 0.29) is 108 Å². The molecule has 0 nitrogen and oxygen atoms in total. The number of hydrogen-bond donors (Lipinski definition) is 0. The van der Waals surface area contributed by atoms with Crippen molar-refractivity contribution in [3.05, 3.63) is 0 Å². The number of halogens is 2. The molecule has 18 valence electrons. The van der Waals surface area contributed by atoms with Crippen LogP contribution in [0.15, 0.2) is 0 Å². The van der Waals surface area contributed by atoms with Crippen LogP contribution in [0.25, 0.3) is 0 Å². The monoisotopic (exact) mass is 350 g/mol. The van der Waals surface area contributed by atoms with Gasteiger partial charge < -0.3 is 24.8 Å². The van der Waals surface area contributed by atoms with E-state index in [9.17, 15) is 0 Å². The van der Waals surface area contributed by atoms with Gasteiger partial charge >= 0.3 is 83.5 Å². The summed E-state index contributed by atoms with van der Waals surface area (Å²) in [6, 6.07) is 0. The Bertz CT molecular complexity index is 4.00. The van der Waals surface area contributed by atoms with Crippen molar-refractivity contribution in [2.24, 2.45) is 0 Å². The molecule has 0 aromatic carbocycles. The van der Waals surface area contributed by atoms with Gasteiger partial charge in [0, 0.05) is 0 Å². The van der Waals surface area contributed by atoms with Gasteiger partial charge in [-0.05, 0) is 0 Å². The third-order valence-corrected chi connectivity index (χ3v) is 0. The fourth-order valence-electron chi connectivity index (χ4n) is 0. The molecule has 0 heterocycles. The predicted octanol–water partition coefficient (Wildman–Crippen LogP) is -5.99. The Hall–Kier alpha value is 3.33. The summed E-state index contributed by atoms with van der Waals surface area (Å²) in [5, 5.41) is 0. The summed E-state index contributed by atoms with van der Waals surface area (Å²) in [7, 11) is 0. The van der Waals surface area contributed by atoms with Gasteiger partial charge in [-0.15, -0.1) is 0 Å². The molecule has 0 aliphatic rings. The number of hydrogen-bond acceptors (Lipinski definition) is 0. The first kappa shape index (κ1) is 26.5. The molecule has 0 aliphatic carbocycles. The van der Waals surface area contributed by atoms with Crippen LogP contribution in [-0.4, -0.2) is 0 Å². The second-order valence-corrected chi connectivity index (χ2v) is 0. The smallest absolute Gasteiger partial charge is 1.00 e. The van der Waals surface area contributed by atoms with Gasteiger partial charge in [0.2, 0.25) is 0 Å². The van der Waals surface area contributed by atoms with Crippen LogP contribution >= 0.6 is 0 Å². The third-order valence-electron chi connectivity index (χ3n) is 0. The minimum absolute atomic E-state index is 0. The van der Waals surface area contributed by atoms with E-state index in [2.05, 4.69) is 0 Å². The van der Waals surface area contributed by atoms with Gasteiger partial charge in [0.25, 0.3) is 0 Å². The molecule has 0 bridgehead atoms. The molecule has 0 saturated heterocycles. The van der Waals surface area contributed by atoms with Gasteiger partial charge in [0.15, 0.2) is 0 Å². The minimum Gasteiger partial charge on any atom is -1.00 e. The average Bonchev–Trinajstić information content (AvgIpc) is 0. The Morgan fingerprint density at radius 3 is 0.500 bits per heavy atom. The molecule has 0 spiro atoms. The standard InChI is InChI=1S/2Ce.2ClH/h;;2*1H/q2*+3;;/p-2. The van der Waals surface area contributed by atoms with Crippen molar-refractivity contribution < 1.29 is 108 Å². The normalized spacial score (nSPS) is 0. The van der Waals surface area contributed by atoms with Crippen molar-refractivity contribution in [1.29, 1.82) is 0 Å². The second kappa shape index (κ2) is 16.2. The first-order chi connectivity index (χ1) is 0. The van der Waals surface area contributed by atoms with Crippen LogP contribution in [-0.2, 0) is 0 Å². The molecular formula is Ce2Cl2+4. The van der Waals surface area contributed by atoms with Crippen LogP contribution < -0.4 is 24.8 Å². The first-order valence-corrected chi connectivity index (χ1v) is 0. The topological polar surface area (TPSA) is 0 Å². The van der Waals surface area contributed by atoms with E-state index in [1.807, 2.05) is 0 Å². The molecule has 0 fully saturated rings. The van der Waals surface area contributed by atoms with Gasteiger partial charge in [-0.2, -0.15) is 0 Å². The molecule has 4 heteroatoms. The molecule has 0 amide bonds. The van der Waals surface area contributed by atoms with Crippen molar-refractivity contribution in [2.75, 3.05) is 0 Å². The number of rotatable bonds is 0. The molecule has 0 rings (SSSR count). The summed E-state index contributed by atoms with van der Waals surface area (Å²) in [4.78, 5) is 0. The fraction of sp³-hybridized carbons (Fsp3) is 0. The molecule has 0 atom stereocenters. The zero-order chi connectivity index (χ0) is 0.